The number of rotatable bonds is 2. The van der Waals surface area contributed by atoms with Crippen molar-refractivity contribution in [1.29, 1.82) is 0 Å². The summed E-state index contributed by atoms with van der Waals surface area (Å²) in [5.41, 5.74) is 9.00. The van der Waals surface area contributed by atoms with Gasteiger partial charge >= 0.3 is 0 Å². The fourth-order valence-electron chi connectivity index (χ4n) is 2.49. The Hall–Kier alpha value is -1.94. The number of fused-ring (bicyclic) bond motifs is 1. The van der Waals surface area contributed by atoms with Gasteiger partial charge in [0.15, 0.2) is 0 Å². The van der Waals surface area contributed by atoms with Crippen molar-refractivity contribution in [2.24, 2.45) is 5.73 Å². The Morgan fingerprint density at radius 3 is 2.89 bits per heavy atom. The van der Waals surface area contributed by atoms with Gasteiger partial charge in [-0.3, -0.25) is 0 Å². The Bertz CT molecular complexity index is 610. The minimum absolute atomic E-state index is 0.0406. The van der Waals surface area contributed by atoms with Crippen LogP contribution in [0.2, 0.25) is 0 Å². The average Bonchev–Trinajstić information content (AvgIpc) is 2.82. The lowest BCUT2D eigenvalue weighted by atomic mass is 10.00. The number of aryl methyl sites for hydroxylation is 1. The van der Waals surface area contributed by atoms with Crippen LogP contribution in [0.4, 0.5) is 0 Å². The number of hydrogen-bond acceptors (Lipinski definition) is 4. The zero-order valence-electron chi connectivity index (χ0n) is 11.1. The minimum Gasteiger partial charge on any atom is -0.492 e. The third kappa shape index (κ3) is 2.08. The molecule has 1 aliphatic rings. The summed E-state index contributed by atoms with van der Waals surface area (Å²) in [6.07, 6.45) is 1.84. The highest BCUT2D eigenvalue weighted by molar-refractivity contribution is 5.43. The normalized spacial score (nSPS) is 18.8. The molecule has 2 N–H and O–H groups in total. The molecule has 1 unspecified atom stereocenters. The van der Waals surface area contributed by atoms with E-state index in [-0.39, 0.29) is 12.0 Å². The van der Waals surface area contributed by atoms with Gasteiger partial charge in [0.2, 0.25) is 0 Å². The molecule has 98 valence electrons. The average molecular weight is 255 g/mol. The highest BCUT2D eigenvalue weighted by Gasteiger charge is 2.27. The van der Waals surface area contributed by atoms with E-state index in [1.54, 1.807) is 0 Å². The first-order valence-corrected chi connectivity index (χ1v) is 6.47. The molecular weight excluding hydrogens is 238 g/mol. The smallest absolute Gasteiger partial charge is 0.139 e. The third-order valence-electron chi connectivity index (χ3n) is 3.54. The quantitative estimate of drug-likeness (QED) is 0.894. The second-order valence-electron chi connectivity index (χ2n) is 4.96. The molecule has 4 nitrogen and oxygen atoms in total. The molecule has 0 fully saturated rings. The number of nitrogens with two attached hydrogens (primary N) is 1. The van der Waals surface area contributed by atoms with Gasteiger partial charge in [-0.15, -0.1) is 0 Å². The summed E-state index contributed by atoms with van der Waals surface area (Å²) in [4.78, 5) is 9.07. The fraction of sp³-hybridized carbons (Fsp3) is 0.333. The molecule has 1 aliphatic heterocycles. The summed E-state index contributed by atoms with van der Waals surface area (Å²) in [7, 11) is 0. The predicted octanol–water partition coefficient (Wildman–Crippen LogP) is 2.33. The maximum Gasteiger partial charge on any atom is 0.139 e. The number of hydrogen-bond donors (Lipinski definition) is 1. The van der Waals surface area contributed by atoms with Crippen LogP contribution in [0.1, 0.15) is 41.5 Å². The van der Waals surface area contributed by atoms with Crippen molar-refractivity contribution < 1.29 is 4.74 Å². The topological polar surface area (TPSA) is 61.0 Å². The van der Waals surface area contributed by atoms with Gasteiger partial charge in [0, 0.05) is 29.1 Å². The van der Waals surface area contributed by atoms with Crippen LogP contribution in [0, 0.1) is 6.92 Å². The molecule has 0 amide bonds. The summed E-state index contributed by atoms with van der Waals surface area (Å²) < 4.78 is 5.68. The fourth-order valence-corrected chi connectivity index (χ4v) is 2.49. The molecule has 0 bridgehead atoms. The number of ether oxygens (including phenoxy) is 1. The molecule has 0 radical (unpaired) electrons. The Kier molecular flexibility index (Phi) is 2.95. The lowest BCUT2D eigenvalue weighted by Gasteiger charge is -2.12. The van der Waals surface area contributed by atoms with Crippen LogP contribution in [-0.4, -0.2) is 16.6 Å². The van der Waals surface area contributed by atoms with Gasteiger partial charge in [0.25, 0.3) is 0 Å². The lowest BCUT2D eigenvalue weighted by Crippen LogP contribution is -2.13. The molecule has 1 aromatic heterocycles. The Morgan fingerprint density at radius 1 is 1.37 bits per heavy atom. The summed E-state index contributed by atoms with van der Waals surface area (Å²) in [5.74, 6) is 1.87. The van der Waals surface area contributed by atoms with Crippen molar-refractivity contribution >= 4 is 0 Å². The van der Waals surface area contributed by atoms with Gasteiger partial charge in [-0.05, 0) is 19.9 Å². The summed E-state index contributed by atoms with van der Waals surface area (Å²) in [5, 5.41) is 0. The van der Waals surface area contributed by atoms with Gasteiger partial charge in [-0.25, -0.2) is 9.97 Å². The van der Waals surface area contributed by atoms with Crippen molar-refractivity contribution in [2.75, 3.05) is 6.61 Å². The number of benzene rings is 1. The molecular formula is C15H17N3O. The van der Waals surface area contributed by atoms with E-state index >= 15 is 0 Å². The predicted molar refractivity (Wildman–Crippen MR) is 73.2 cm³/mol. The summed E-state index contributed by atoms with van der Waals surface area (Å²) in [6, 6.07) is 8.01. The minimum atomic E-state index is -0.0406. The van der Waals surface area contributed by atoms with Gasteiger partial charge in [-0.2, -0.15) is 0 Å². The number of aromatic nitrogens is 2. The van der Waals surface area contributed by atoms with Crippen LogP contribution in [0.15, 0.2) is 30.5 Å². The van der Waals surface area contributed by atoms with E-state index in [4.69, 9.17) is 10.5 Å². The second kappa shape index (κ2) is 4.63. The molecule has 3 rings (SSSR count). The molecule has 1 aromatic carbocycles. The van der Waals surface area contributed by atoms with E-state index in [9.17, 15) is 0 Å². The molecule has 19 heavy (non-hydrogen) atoms. The summed E-state index contributed by atoms with van der Waals surface area (Å²) >= 11 is 0. The van der Waals surface area contributed by atoms with E-state index in [1.165, 1.54) is 0 Å². The highest BCUT2D eigenvalue weighted by Crippen LogP contribution is 2.36. The standard InChI is InChI=1S/C15H17N3O/c1-9(16)12-7-17-15(18-10(12)2)13-8-19-14-6-4-3-5-11(13)14/h3-7,9,13H,8,16H2,1-2H3/t9-,13?/m1/s1. The van der Waals surface area contributed by atoms with Crippen molar-refractivity contribution in [3.05, 3.63) is 53.1 Å². The van der Waals surface area contributed by atoms with Gasteiger partial charge in [0.05, 0.1) is 5.92 Å². The van der Waals surface area contributed by atoms with E-state index in [2.05, 4.69) is 16.0 Å². The monoisotopic (exact) mass is 255 g/mol. The number of nitrogens with zero attached hydrogens (tertiary/aromatic N) is 2. The van der Waals surface area contributed by atoms with Gasteiger partial charge < -0.3 is 10.5 Å². The molecule has 0 aliphatic carbocycles. The first-order valence-electron chi connectivity index (χ1n) is 6.47. The SMILES string of the molecule is Cc1nc(C2COc3ccccc32)ncc1[C@@H](C)N. The maximum atomic E-state index is 5.89. The zero-order valence-corrected chi connectivity index (χ0v) is 11.1. The number of para-hydroxylation sites is 1. The van der Waals surface area contributed by atoms with E-state index < -0.39 is 0 Å². The van der Waals surface area contributed by atoms with Crippen LogP contribution < -0.4 is 10.5 Å². The Balaban J connectivity index is 1.99. The molecule has 0 spiro atoms. The van der Waals surface area contributed by atoms with Gasteiger partial charge in [0.1, 0.15) is 18.2 Å². The van der Waals surface area contributed by atoms with Crippen LogP contribution in [-0.2, 0) is 0 Å². The third-order valence-corrected chi connectivity index (χ3v) is 3.54. The second-order valence-corrected chi connectivity index (χ2v) is 4.96. The van der Waals surface area contributed by atoms with Crippen LogP contribution >= 0.6 is 0 Å². The van der Waals surface area contributed by atoms with Crippen molar-refractivity contribution in [3.8, 4) is 5.75 Å². The Morgan fingerprint density at radius 2 is 2.16 bits per heavy atom. The molecule has 0 saturated heterocycles. The first-order chi connectivity index (χ1) is 9.16. The largest absolute Gasteiger partial charge is 0.492 e. The van der Waals surface area contributed by atoms with E-state index in [1.807, 2.05) is 38.2 Å². The van der Waals surface area contributed by atoms with E-state index in [0.29, 0.717) is 6.61 Å². The van der Waals surface area contributed by atoms with Gasteiger partial charge in [-0.1, -0.05) is 18.2 Å². The Labute approximate surface area is 112 Å². The molecule has 2 heterocycles. The highest BCUT2D eigenvalue weighted by atomic mass is 16.5. The van der Waals surface area contributed by atoms with Crippen molar-refractivity contribution in [1.82, 2.24) is 9.97 Å². The van der Waals surface area contributed by atoms with Crippen LogP contribution in [0.3, 0.4) is 0 Å². The first kappa shape index (κ1) is 12.1. The maximum absolute atomic E-state index is 5.89. The summed E-state index contributed by atoms with van der Waals surface area (Å²) in [6.45, 7) is 4.53. The molecule has 2 atom stereocenters. The van der Waals surface area contributed by atoms with Crippen LogP contribution in [0.5, 0.6) is 5.75 Å². The molecule has 4 heteroatoms. The lowest BCUT2D eigenvalue weighted by molar-refractivity contribution is 0.339. The van der Waals surface area contributed by atoms with Crippen LogP contribution in [0.25, 0.3) is 0 Å². The molecule has 0 saturated carbocycles. The van der Waals surface area contributed by atoms with Crippen molar-refractivity contribution in [3.63, 3.8) is 0 Å². The van der Waals surface area contributed by atoms with Crippen molar-refractivity contribution in [2.45, 2.75) is 25.8 Å². The van der Waals surface area contributed by atoms with E-state index in [0.717, 1.165) is 28.4 Å². The zero-order chi connectivity index (χ0) is 13.4. The molecule has 2 aromatic rings.